The van der Waals surface area contributed by atoms with Gasteiger partial charge in [-0.2, -0.15) is 0 Å². The van der Waals surface area contributed by atoms with E-state index in [4.69, 9.17) is 8.83 Å². The normalized spacial score (nSPS) is 12.0. The number of hydrogen-bond donors (Lipinski definition) is 0. The summed E-state index contributed by atoms with van der Waals surface area (Å²) in [6.45, 7) is 0. The van der Waals surface area contributed by atoms with Crippen LogP contribution in [0, 0.1) is 0 Å². The number of rotatable bonds is 3. The molecule has 0 atom stereocenters. The number of sulfone groups is 1. The van der Waals surface area contributed by atoms with E-state index in [0.29, 0.717) is 21.9 Å². The SMILES string of the molecule is O=c1oc2cc(CS(=O)(=O)c3ccccc3)ccc2c2ccoc12. The molecule has 0 aliphatic rings. The molecule has 2 aromatic carbocycles. The van der Waals surface area contributed by atoms with E-state index in [2.05, 4.69) is 0 Å². The number of benzene rings is 2. The van der Waals surface area contributed by atoms with E-state index in [-0.39, 0.29) is 16.2 Å². The van der Waals surface area contributed by atoms with Gasteiger partial charge in [0.05, 0.1) is 16.9 Å². The summed E-state index contributed by atoms with van der Waals surface area (Å²) < 4.78 is 35.3. The monoisotopic (exact) mass is 340 g/mol. The zero-order chi connectivity index (χ0) is 16.7. The largest absolute Gasteiger partial charge is 0.457 e. The van der Waals surface area contributed by atoms with Gasteiger partial charge in [-0.25, -0.2) is 13.2 Å². The standard InChI is InChI=1S/C18H12O5S/c19-18-17-15(8-9-22-17)14-7-6-12(10-16(14)23-18)11-24(20,21)13-4-2-1-3-5-13/h1-10H,11H2. The first kappa shape index (κ1) is 14.7. The highest BCUT2D eigenvalue weighted by molar-refractivity contribution is 7.90. The third-order valence-electron chi connectivity index (χ3n) is 3.85. The second-order valence-electron chi connectivity index (χ2n) is 5.46. The van der Waals surface area contributed by atoms with Crippen LogP contribution in [0.25, 0.3) is 21.9 Å². The Morgan fingerprint density at radius 3 is 2.50 bits per heavy atom. The maximum absolute atomic E-state index is 12.5. The van der Waals surface area contributed by atoms with Crippen molar-refractivity contribution >= 4 is 31.8 Å². The van der Waals surface area contributed by atoms with Gasteiger partial charge in [-0.05, 0) is 29.8 Å². The zero-order valence-electron chi connectivity index (χ0n) is 12.4. The molecule has 120 valence electrons. The number of furan rings is 1. The molecule has 0 amide bonds. The minimum Gasteiger partial charge on any atom is -0.457 e. The van der Waals surface area contributed by atoms with Crippen LogP contribution in [0.5, 0.6) is 0 Å². The molecule has 0 saturated heterocycles. The summed E-state index contributed by atoms with van der Waals surface area (Å²) in [7, 11) is -3.46. The van der Waals surface area contributed by atoms with Crippen molar-refractivity contribution in [2.24, 2.45) is 0 Å². The van der Waals surface area contributed by atoms with Crippen LogP contribution in [0.1, 0.15) is 5.56 Å². The average Bonchev–Trinajstić information content (AvgIpc) is 3.06. The van der Waals surface area contributed by atoms with Crippen molar-refractivity contribution in [3.8, 4) is 0 Å². The van der Waals surface area contributed by atoms with Crippen LogP contribution < -0.4 is 5.63 Å². The van der Waals surface area contributed by atoms with Crippen LogP contribution in [0.15, 0.2) is 79.4 Å². The molecule has 0 radical (unpaired) electrons. The molecule has 6 heteroatoms. The summed E-state index contributed by atoms with van der Waals surface area (Å²) in [6, 6.07) is 15.0. The Morgan fingerprint density at radius 1 is 0.917 bits per heavy atom. The molecule has 0 fully saturated rings. The second-order valence-corrected chi connectivity index (χ2v) is 7.45. The molecule has 4 rings (SSSR count). The Bertz CT molecular complexity index is 1200. The van der Waals surface area contributed by atoms with Gasteiger partial charge in [0, 0.05) is 10.8 Å². The molecular formula is C18H12O5S. The Morgan fingerprint density at radius 2 is 1.71 bits per heavy atom. The summed E-state index contributed by atoms with van der Waals surface area (Å²) in [6.07, 6.45) is 1.43. The summed E-state index contributed by atoms with van der Waals surface area (Å²) in [5, 5.41) is 1.36. The summed E-state index contributed by atoms with van der Waals surface area (Å²) in [4.78, 5) is 12.2. The van der Waals surface area contributed by atoms with Gasteiger partial charge >= 0.3 is 5.63 Å². The quantitative estimate of drug-likeness (QED) is 0.533. The molecule has 0 aliphatic heterocycles. The first-order chi connectivity index (χ1) is 11.5. The molecule has 0 aliphatic carbocycles. The molecule has 24 heavy (non-hydrogen) atoms. The van der Waals surface area contributed by atoms with Gasteiger partial charge in [0.2, 0.25) is 5.58 Å². The molecule has 4 aromatic rings. The fourth-order valence-electron chi connectivity index (χ4n) is 2.72. The van der Waals surface area contributed by atoms with E-state index in [1.807, 2.05) is 0 Å². The van der Waals surface area contributed by atoms with Crippen LogP contribution in [-0.4, -0.2) is 8.42 Å². The van der Waals surface area contributed by atoms with Gasteiger partial charge in [0.15, 0.2) is 9.84 Å². The summed E-state index contributed by atoms with van der Waals surface area (Å²) in [5.41, 5.74) is 0.477. The van der Waals surface area contributed by atoms with Gasteiger partial charge in [-0.3, -0.25) is 0 Å². The molecule has 0 N–H and O–H groups in total. The Labute approximate surface area is 137 Å². The molecule has 5 nitrogen and oxygen atoms in total. The van der Waals surface area contributed by atoms with Crippen LogP contribution in [0.4, 0.5) is 0 Å². The first-order valence-electron chi connectivity index (χ1n) is 7.25. The van der Waals surface area contributed by atoms with Crippen molar-refractivity contribution in [2.75, 3.05) is 0 Å². The van der Waals surface area contributed by atoms with Crippen molar-refractivity contribution in [3.05, 3.63) is 76.8 Å². The van der Waals surface area contributed by atoms with E-state index < -0.39 is 15.5 Å². The lowest BCUT2D eigenvalue weighted by atomic mass is 10.1. The van der Waals surface area contributed by atoms with Crippen molar-refractivity contribution < 1.29 is 17.3 Å². The van der Waals surface area contributed by atoms with Crippen LogP contribution in [0.3, 0.4) is 0 Å². The lowest BCUT2D eigenvalue weighted by molar-refractivity contribution is 0.532. The molecule has 2 heterocycles. The second kappa shape index (κ2) is 5.35. The summed E-state index contributed by atoms with van der Waals surface area (Å²) in [5.74, 6) is -0.167. The Kier molecular flexibility index (Phi) is 3.28. The molecule has 0 saturated carbocycles. The average molecular weight is 340 g/mol. The smallest absolute Gasteiger partial charge is 0.380 e. The molecule has 2 aromatic heterocycles. The first-order valence-corrected chi connectivity index (χ1v) is 8.90. The van der Waals surface area contributed by atoms with E-state index in [9.17, 15) is 13.2 Å². The lowest BCUT2D eigenvalue weighted by Crippen LogP contribution is -2.05. The molecular weight excluding hydrogens is 328 g/mol. The molecule has 0 unspecified atom stereocenters. The van der Waals surface area contributed by atoms with Crippen LogP contribution >= 0.6 is 0 Å². The van der Waals surface area contributed by atoms with Crippen molar-refractivity contribution in [3.63, 3.8) is 0 Å². The fourth-order valence-corrected chi connectivity index (χ4v) is 4.08. The maximum Gasteiger partial charge on any atom is 0.380 e. The molecule has 0 spiro atoms. The third-order valence-corrected chi connectivity index (χ3v) is 5.55. The van der Waals surface area contributed by atoms with Gasteiger partial charge in [0.1, 0.15) is 5.58 Å². The van der Waals surface area contributed by atoms with E-state index in [0.717, 1.165) is 0 Å². The molecule has 0 bridgehead atoms. The number of hydrogen-bond acceptors (Lipinski definition) is 5. The lowest BCUT2D eigenvalue weighted by Gasteiger charge is -2.06. The highest BCUT2D eigenvalue weighted by Gasteiger charge is 2.16. The van der Waals surface area contributed by atoms with Crippen LogP contribution in [-0.2, 0) is 15.6 Å². The van der Waals surface area contributed by atoms with Crippen molar-refractivity contribution in [2.45, 2.75) is 10.6 Å². The van der Waals surface area contributed by atoms with E-state index >= 15 is 0 Å². The minimum atomic E-state index is -3.46. The third kappa shape index (κ3) is 2.41. The fraction of sp³-hybridized carbons (Fsp3) is 0.0556. The van der Waals surface area contributed by atoms with Crippen LogP contribution in [0.2, 0.25) is 0 Å². The topological polar surface area (TPSA) is 77.5 Å². The minimum absolute atomic E-state index is 0.159. The highest BCUT2D eigenvalue weighted by Crippen LogP contribution is 2.26. The summed E-state index contributed by atoms with van der Waals surface area (Å²) >= 11 is 0. The van der Waals surface area contributed by atoms with Crippen molar-refractivity contribution in [1.82, 2.24) is 0 Å². The predicted octanol–water partition coefficient (Wildman–Crippen LogP) is 3.51. The Balaban J connectivity index is 1.81. The van der Waals surface area contributed by atoms with Gasteiger partial charge < -0.3 is 8.83 Å². The van der Waals surface area contributed by atoms with Crippen molar-refractivity contribution in [1.29, 1.82) is 0 Å². The van der Waals surface area contributed by atoms with E-state index in [1.165, 1.54) is 6.26 Å². The Hall–Kier alpha value is -2.86. The predicted molar refractivity (Wildman–Crippen MR) is 89.6 cm³/mol. The maximum atomic E-state index is 12.5. The number of fused-ring (bicyclic) bond motifs is 3. The zero-order valence-corrected chi connectivity index (χ0v) is 13.2. The van der Waals surface area contributed by atoms with E-state index in [1.54, 1.807) is 54.6 Å². The van der Waals surface area contributed by atoms with Gasteiger partial charge in [-0.1, -0.05) is 30.3 Å². The van der Waals surface area contributed by atoms with Gasteiger partial charge in [-0.15, -0.1) is 0 Å². The van der Waals surface area contributed by atoms with Gasteiger partial charge in [0.25, 0.3) is 0 Å². The highest BCUT2D eigenvalue weighted by atomic mass is 32.2.